The summed E-state index contributed by atoms with van der Waals surface area (Å²) in [4.78, 5) is 27.2. The van der Waals surface area contributed by atoms with Gasteiger partial charge in [-0.05, 0) is 49.7 Å². The Morgan fingerprint density at radius 2 is 1.94 bits per heavy atom. The molecule has 1 atom stereocenters. The molecular formula is C23H23NO7. The van der Waals surface area contributed by atoms with Crippen LogP contribution in [-0.2, 0) is 14.3 Å². The molecule has 4 rings (SSSR count). The maximum Gasteiger partial charge on any atom is 0.295 e. The fraction of sp³-hybridized carbons (Fsp3) is 0.304. The molecule has 0 radical (unpaired) electrons. The molecule has 31 heavy (non-hydrogen) atoms. The molecule has 0 bridgehead atoms. The average molecular weight is 425 g/mol. The lowest BCUT2D eigenvalue weighted by atomic mass is 9.95. The number of carbonyl (C=O) groups excluding carboxylic acids is 2. The van der Waals surface area contributed by atoms with Crippen LogP contribution in [0.25, 0.3) is 5.76 Å². The van der Waals surface area contributed by atoms with E-state index in [1.54, 1.807) is 30.3 Å². The van der Waals surface area contributed by atoms with Gasteiger partial charge in [0.25, 0.3) is 11.7 Å². The van der Waals surface area contributed by atoms with Crippen molar-refractivity contribution >= 4 is 17.4 Å². The summed E-state index contributed by atoms with van der Waals surface area (Å²) in [7, 11) is 0. The second-order valence-corrected chi connectivity index (χ2v) is 7.58. The van der Waals surface area contributed by atoms with Crippen molar-refractivity contribution in [3.63, 3.8) is 0 Å². The van der Waals surface area contributed by atoms with Gasteiger partial charge in [0.1, 0.15) is 11.5 Å². The summed E-state index contributed by atoms with van der Waals surface area (Å²) in [5, 5.41) is 21.0. The van der Waals surface area contributed by atoms with Crippen LogP contribution in [0.15, 0.2) is 48.0 Å². The standard InChI is InChI=1S/C23H23NO7/c1-13(2)29-9-8-24-20(14-4-3-5-16(25)10-14)19(22(27)23(24)28)21(26)15-6-7-17-18(11-15)31-12-30-17/h3-7,10-11,13,20,25-26H,8-9,12H2,1-2H3/b21-19-. The largest absolute Gasteiger partial charge is 0.508 e. The number of phenols is 1. The lowest BCUT2D eigenvalue weighted by Gasteiger charge is -2.25. The molecular weight excluding hydrogens is 402 g/mol. The van der Waals surface area contributed by atoms with Crippen molar-refractivity contribution < 1.29 is 34.0 Å². The van der Waals surface area contributed by atoms with Gasteiger partial charge in [-0.25, -0.2) is 0 Å². The Kier molecular flexibility index (Phi) is 5.56. The van der Waals surface area contributed by atoms with Crippen LogP contribution in [0.2, 0.25) is 0 Å². The van der Waals surface area contributed by atoms with Crippen LogP contribution in [0, 0.1) is 0 Å². The van der Waals surface area contributed by atoms with Gasteiger partial charge in [-0.1, -0.05) is 12.1 Å². The normalized spacial score (nSPS) is 19.5. The molecule has 2 aromatic carbocycles. The number of benzene rings is 2. The van der Waals surface area contributed by atoms with Crippen molar-refractivity contribution in [3.8, 4) is 17.2 Å². The van der Waals surface area contributed by atoms with Crippen LogP contribution in [0.3, 0.4) is 0 Å². The second kappa shape index (κ2) is 8.31. The number of phenolic OH excluding ortho intramolecular Hbond substituents is 1. The Labute approximate surface area is 179 Å². The number of ketones is 1. The van der Waals surface area contributed by atoms with Gasteiger partial charge in [-0.2, -0.15) is 0 Å². The summed E-state index contributed by atoms with van der Waals surface area (Å²) in [6.45, 7) is 4.20. The minimum absolute atomic E-state index is 0.00963. The van der Waals surface area contributed by atoms with E-state index in [2.05, 4.69) is 0 Å². The summed E-state index contributed by atoms with van der Waals surface area (Å²) < 4.78 is 16.2. The minimum atomic E-state index is -0.867. The fourth-order valence-electron chi connectivity index (χ4n) is 3.74. The molecule has 162 valence electrons. The summed E-state index contributed by atoms with van der Waals surface area (Å²) in [6.07, 6.45) is -0.0373. The van der Waals surface area contributed by atoms with E-state index >= 15 is 0 Å². The number of ether oxygens (including phenoxy) is 3. The van der Waals surface area contributed by atoms with Gasteiger partial charge in [0.15, 0.2) is 11.5 Å². The maximum absolute atomic E-state index is 13.0. The Hall–Kier alpha value is -3.52. The number of aromatic hydroxyl groups is 1. The molecule has 2 heterocycles. The van der Waals surface area contributed by atoms with Gasteiger partial charge in [-0.15, -0.1) is 0 Å². The van der Waals surface area contributed by atoms with E-state index in [9.17, 15) is 19.8 Å². The van der Waals surface area contributed by atoms with Gasteiger partial charge < -0.3 is 29.3 Å². The predicted octanol–water partition coefficient (Wildman–Crippen LogP) is 2.97. The third-order valence-corrected chi connectivity index (χ3v) is 5.16. The van der Waals surface area contributed by atoms with Crippen LogP contribution >= 0.6 is 0 Å². The van der Waals surface area contributed by atoms with Crippen molar-refractivity contribution in [2.24, 2.45) is 0 Å². The van der Waals surface area contributed by atoms with Gasteiger partial charge in [0.2, 0.25) is 6.79 Å². The molecule has 0 spiro atoms. The molecule has 1 fully saturated rings. The first-order valence-corrected chi connectivity index (χ1v) is 9.95. The van der Waals surface area contributed by atoms with Crippen LogP contribution < -0.4 is 9.47 Å². The fourth-order valence-corrected chi connectivity index (χ4v) is 3.74. The van der Waals surface area contributed by atoms with Gasteiger partial charge in [-0.3, -0.25) is 9.59 Å². The number of aliphatic hydroxyl groups excluding tert-OH is 1. The third kappa shape index (κ3) is 3.94. The van der Waals surface area contributed by atoms with E-state index in [1.807, 2.05) is 13.8 Å². The predicted molar refractivity (Wildman–Crippen MR) is 111 cm³/mol. The molecule has 1 amide bonds. The molecule has 2 aliphatic rings. The zero-order valence-corrected chi connectivity index (χ0v) is 17.2. The highest BCUT2D eigenvalue weighted by Crippen LogP contribution is 2.41. The number of likely N-dealkylation sites (tertiary alicyclic amines) is 1. The first-order chi connectivity index (χ1) is 14.9. The van der Waals surface area contributed by atoms with Crippen molar-refractivity contribution in [1.29, 1.82) is 0 Å². The average Bonchev–Trinajstić information content (AvgIpc) is 3.30. The molecule has 1 saturated heterocycles. The van der Waals surface area contributed by atoms with Crippen LogP contribution in [-0.4, -0.2) is 52.9 Å². The van der Waals surface area contributed by atoms with E-state index in [-0.39, 0.29) is 43.1 Å². The molecule has 8 nitrogen and oxygen atoms in total. The van der Waals surface area contributed by atoms with E-state index in [0.717, 1.165) is 0 Å². The summed E-state index contributed by atoms with van der Waals surface area (Å²) in [5.41, 5.74) is 0.774. The highest BCUT2D eigenvalue weighted by atomic mass is 16.7. The number of fused-ring (bicyclic) bond motifs is 1. The smallest absolute Gasteiger partial charge is 0.295 e. The number of hydrogen-bond donors (Lipinski definition) is 2. The Balaban J connectivity index is 1.79. The molecule has 2 aliphatic heterocycles. The highest BCUT2D eigenvalue weighted by molar-refractivity contribution is 6.46. The van der Waals surface area contributed by atoms with Gasteiger partial charge in [0, 0.05) is 12.1 Å². The van der Waals surface area contributed by atoms with E-state index < -0.39 is 17.7 Å². The zero-order valence-electron chi connectivity index (χ0n) is 17.2. The number of nitrogens with zero attached hydrogens (tertiary/aromatic N) is 1. The number of carbonyl (C=O) groups is 2. The molecule has 8 heteroatoms. The molecule has 1 unspecified atom stereocenters. The molecule has 2 aromatic rings. The quantitative estimate of drug-likeness (QED) is 0.416. The lowest BCUT2D eigenvalue weighted by molar-refractivity contribution is -0.140. The summed E-state index contributed by atoms with van der Waals surface area (Å²) in [5.74, 6) is -0.886. The molecule has 0 aromatic heterocycles. The summed E-state index contributed by atoms with van der Waals surface area (Å²) in [6, 6.07) is 10.2. The number of rotatable bonds is 6. The van der Waals surface area contributed by atoms with Crippen molar-refractivity contribution in [3.05, 3.63) is 59.2 Å². The Morgan fingerprint density at radius 3 is 2.68 bits per heavy atom. The van der Waals surface area contributed by atoms with Crippen LogP contribution in [0.1, 0.15) is 31.0 Å². The Morgan fingerprint density at radius 1 is 1.16 bits per heavy atom. The van der Waals surface area contributed by atoms with Crippen molar-refractivity contribution in [2.45, 2.75) is 26.0 Å². The van der Waals surface area contributed by atoms with E-state index in [4.69, 9.17) is 14.2 Å². The SMILES string of the molecule is CC(C)OCCN1C(=O)C(=O)/C(=C(\O)c2ccc3c(c2)OCO3)C1c1cccc(O)c1. The minimum Gasteiger partial charge on any atom is -0.508 e. The van der Waals surface area contributed by atoms with E-state index in [1.165, 1.54) is 17.0 Å². The van der Waals surface area contributed by atoms with Gasteiger partial charge >= 0.3 is 0 Å². The first-order valence-electron chi connectivity index (χ1n) is 9.95. The van der Waals surface area contributed by atoms with Gasteiger partial charge in [0.05, 0.1) is 24.3 Å². The Bertz CT molecular complexity index is 1060. The zero-order chi connectivity index (χ0) is 22.1. The molecule has 0 saturated carbocycles. The van der Waals surface area contributed by atoms with E-state index in [0.29, 0.717) is 22.6 Å². The topological polar surface area (TPSA) is 106 Å². The number of amides is 1. The monoisotopic (exact) mass is 425 g/mol. The summed E-state index contributed by atoms with van der Waals surface area (Å²) >= 11 is 0. The highest BCUT2D eigenvalue weighted by Gasteiger charge is 2.46. The maximum atomic E-state index is 13.0. The van der Waals surface area contributed by atoms with Crippen molar-refractivity contribution in [2.75, 3.05) is 19.9 Å². The van der Waals surface area contributed by atoms with Crippen molar-refractivity contribution in [1.82, 2.24) is 4.90 Å². The number of Topliss-reactive ketones (excluding diaryl/α,β-unsaturated/α-hetero) is 1. The lowest BCUT2D eigenvalue weighted by Crippen LogP contribution is -2.33. The van der Waals surface area contributed by atoms with Crippen LogP contribution in [0.4, 0.5) is 0 Å². The molecule has 2 N–H and O–H groups in total. The number of hydrogen-bond acceptors (Lipinski definition) is 7. The number of aliphatic hydroxyl groups is 1. The first kappa shape index (κ1) is 20.7. The molecule has 0 aliphatic carbocycles. The second-order valence-electron chi connectivity index (χ2n) is 7.58. The third-order valence-electron chi connectivity index (χ3n) is 5.16. The van der Waals surface area contributed by atoms with Crippen LogP contribution in [0.5, 0.6) is 17.2 Å².